The third kappa shape index (κ3) is 4.38. The van der Waals surface area contributed by atoms with Gasteiger partial charge in [-0.25, -0.2) is 4.98 Å². The Hall–Kier alpha value is -2.57. The lowest BCUT2D eigenvalue weighted by molar-refractivity contribution is -0.137. The fraction of sp³-hybridized carbons (Fsp3) is 0.455. The molecule has 0 bridgehead atoms. The second-order valence-electron chi connectivity index (χ2n) is 8.23. The fourth-order valence-corrected chi connectivity index (χ4v) is 4.18. The summed E-state index contributed by atoms with van der Waals surface area (Å²) >= 11 is 0. The van der Waals surface area contributed by atoms with E-state index in [1.165, 1.54) is 17.3 Å². The van der Waals surface area contributed by atoms with Gasteiger partial charge in [-0.1, -0.05) is 6.92 Å². The van der Waals surface area contributed by atoms with Gasteiger partial charge in [0.05, 0.1) is 11.8 Å². The lowest BCUT2D eigenvalue weighted by Crippen LogP contribution is -2.48. The quantitative estimate of drug-likeness (QED) is 0.504. The maximum Gasteiger partial charge on any atom is 0.417 e. The maximum absolute atomic E-state index is 12.6. The first-order valence-corrected chi connectivity index (χ1v) is 9.77. The molecule has 2 heterocycles. The van der Waals surface area contributed by atoms with Gasteiger partial charge in [0, 0.05) is 24.0 Å². The number of hydrogen-bond donors (Lipinski definition) is 1. The zero-order valence-electron chi connectivity index (χ0n) is 17.4. The second kappa shape index (κ2) is 7.69. The SMILES string of the molecule is CCN1c2cc(C)c(/C=N/Nc3ccc(C(F)(F)F)cn3)cc2C(C)CC1(C)C. The first-order valence-electron chi connectivity index (χ1n) is 9.77. The molecule has 0 radical (unpaired) electrons. The number of alkyl halides is 3. The van der Waals surface area contributed by atoms with Crippen LogP contribution < -0.4 is 10.3 Å². The van der Waals surface area contributed by atoms with Crippen LogP contribution >= 0.6 is 0 Å². The molecule has 1 N–H and O–H groups in total. The zero-order chi connectivity index (χ0) is 21.4. The second-order valence-corrected chi connectivity index (χ2v) is 8.23. The van der Waals surface area contributed by atoms with Crippen molar-refractivity contribution in [3.63, 3.8) is 0 Å². The topological polar surface area (TPSA) is 40.5 Å². The molecule has 1 aliphatic heterocycles. The summed E-state index contributed by atoms with van der Waals surface area (Å²) in [5.74, 6) is 0.692. The van der Waals surface area contributed by atoms with E-state index in [1.807, 2.05) is 6.92 Å². The summed E-state index contributed by atoms with van der Waals surface area (Å²) in [6.45, 7) is 12.0. The molecule has 1 aliphatic rings. The molecule has 29 heavy (non-hydrogen) atoms. The van der Waals surface area contributed by atoms with Crippen molar-refractivity contribution in [2.24, 2.45) is 5.10 Å². The summed E-state index contributed by atoms with van der Waals surface area (Å²) in [5, 5.41) is 4.17. The number of nitrogens with zero attached hydrogens (tertiary/aromatic N) is 3. The first kappa shape index (κ1) is 21.1. The van der Waals surface area contributed by atoms with Gasteiger partial charge in [-0.3, -0.25) is 5.43 Å². The van der Waals surface area contributed by atoms with Gasteiger partial charge >= 0.3 is 6.18 Å². The Morgan fingerprint density at radius 3 is 2.62 bits per heavy atom. The standard InChI is InChI=1S/C22H27F3N4/c1-6-29-19-9-14(2)16(10-18(19)15(3)11-21(29,4)5)12-27-28-20-8-7-17(13-26-20)22(23,24)25/h7-10,12-13,15H,6,11H2,1-5H3,(H,26,28)/b27-12+. The highest BCUT2D eigenvalue weighted by Crippen LogP contribution is 2.44. The summed E-state index contributed by atoms with van der Waals surface area (Å²) < 4.78 is 37.8. The van der Waals surface area contributed by atoms with E-state index in [2.05, 4.69) is 60.2 Å². The van der Waals surface area contributed by atoms with Gasteiger partial charge in [0.15, 0.2) is 0 Å². The van der Waals surface area contributed by atoms with Gasteiger partial charge in [0.1, 0.15) is 5.82 Å². The molecule has 156 valence electrons. The van der Waals surface area contributed by atoms with E-state index in [4.69, 9.17) is 0 Å². The third-order valence-corrected chi connectivity index (χ3v) is 5.56. The Labute approximate surface area is 169 Å². The van der Waals surface area contributed by atoms with E-state index < -0.39 is 11.7 Å². The molecule has 0 aliphatic carbocycles. The molecule has 4 nitrogen and oxygen atoms in total. The van der Waals surface area contributed by atoms with Gasteiger partial charge in [0.25, 0.3) is 0 Å². The van der Waals surface area contributed by atoms with Gasteiger partial charge < -0.3 is 4.90 Å². The molecule has 0 saturated carbocycles. The van der Waals surface area contributed by atoms with Crippen molar-refractivity contribution in [1.29, 1.82) is 0 Å². The number of pyridine rings is 1. The largest absolute Gasteiger partial charge is 0.417 e. The van der Waals surface area contributed by atoms with Crippen molar-refractivity contribution in [2.45, 2.75) is 58.7 Å². The van der Waals surface area contributed by atoms with E-state index in [-0.39, 0.29) is 11.4 Å². The molecular formula is C22H27F3N4. The zero-order valence-corrected chi connectivity index (χ0v) is 17.4. The van der Waals surface area contributed by atoms with Crippen LogP contribution in [0, 0.1) is 6.92 Å². The molecule has 1 unspecified atom stereocenters. The average molecular weight is 404 g/mol. The van der Waals surface area contributed by atoms with Gasteiger partial charge in [-0.15, -0.1) is 0 Å². The highest BCUT2D eigenvalue weighted by Gasteiger charge is 2.35. The number of hydrogen-bond acceptors (Lipinski definition) is 4. The summed E-state index contributed by atoms with van der Waals surface area (Å²) in [6.07, 6.45) is -0.837. The van der Waals surface area contributed by atoms with Crippen molar-refractivity contribution in [2.75, 3.05) is 16.9 Å². The highest BCUT2D eigenvalue weighted by atomic mass is 19.4. The molecule has 0 saturated heterocycles. The number of rotatable bonds is 4. The van der Waals surface area contributed by atoms with Crippen molar-refractivity contribution < 1.29 is 13.2 Å². The molecule has 0 spiro atoms. The monoisotopic (exact) mass is 404 g/mol. The number of aryl methyl sites for hydroxylation is 1. The Morgan fingerprint density at radius 2 is 2.03 bits per heavy atom. The predicted octanol–water partition coefficient (Wildman–Crippen LogP) is 5.97. The number of anilines is 2. The van der Waals surface area contributed by atoms with Crippen LogP contribution in [-0.2, 0) is 6.18 Å². The molecular weight excluding hydrogens is 377 g/mol. The van der Waals surface area contributed by atoms with Gasteiger partial charge in [0.2, 0.25) is 0 Å². The van der Waals surface area contributed by atoms with E-state index in [9.17, 15) is 13.2 Å². The van der Waals surface area contributed by atoms with Crippen LogP contribution in [0.1, 0.15) is 62.3 Å². The minimum atomic E-state index is -4.40. The maximum atomic E-state index is 12.6. The van der Waals surface area contributed by atoms with E-state index in [1.54, 1.807) is 6.21 Å². The molecule has 1 aromatic heterocycles. The summed E-state index contributed by atoms with van der Waals surface area (Å²) in [7, 11) is 0. The van der Waals surface area contributed by atoms with Crippen LogP contribution in [0.4, 0.5) is 24.7 Å². The normalized spacial score (nSPS) is 18.8. The number of hydrazone groups is 1. The average Bonchev–Trinajstić information content (AvgIpc) is 2.62. The van der Waals surface area contributed by atoms with Crippen LogP contribution in [0.5, 0.6) is 0 Å². The smallest absolute Gasteiger partial charge is 0.366 e. The van der Waals surface area contributed by atoms with Crippen LogP contribution in [0.3, 0.4) is 0 Å². The third-order valence-electron chi connectivity index (χ3n) is 5.56. The molecule has 7 heteroatoms. The molecule has 3 rings (SSSR count). The summed E-state index contributed by atoms with van der Waals surface area (Å²) in [6, 6.07) is 6.62. The first-order chi connectivity index (χ1) is 13.5. The number of fused-ring (bicyclic) bond motifs is 1. The number of halogens is 3. The van der Waals surface area contributed by atoms with Crippen molar-refractivity contribution in [3.8, 4) is 0 Å². The number of nitrogens with one attached hydrogen (secondary N) is 1. The van der Waals surface area contributed by atoms with Crippen LogP contribution in [0.2, 0.25) is 0 Å². The Bertz CT molecular complexity index is 902. The molecule has 2 aromatic rings. The minimum Gasteiger partial charge on any atom is -0.366 e. The highest BCUT2D eigenvalue weighted by molar-refractivity contribution is 5.84. The van der Waals surface area contributed by atoms with Gasteiger partial charge in [-0.2, -0.15) is 18.3 Å². The number of benzene rings is 1. The molecule has 0 fully saturated rings. The Balaban J connectivity index is 1.81. The van der Waals surface area contributed by atoms with E-state index >= 15 is 0 Å². The van der Waals surface area contributed by atoms with E-state index in [0.717, 1.165) is 36.4 Å². The molecule has 0 amide bonds. The van der Waals surface area contributed by atoms with Gasteiger partial charge in [-0.05, 0) is 81.0 Å². The molecule has 1 aromatic carbocycles. The summed E-state index contributed by atoms with van der Waals surface area (Å²) in [4.78, 5) is 6.21. The molecule has 1 atom stereocenters. The van der Waals surface area contributed by atoms with Crippen molar-refractivity contribution >= 4 is 17.7 Å². The Kier molecular flexibility index (Phi) is 5.61. The lowest BCUT2D eigenvalue weighted by Gasteiger charge is -2.47. The van der Waals surface area contributed by atoms with Crippen molar-refractivity contribution in [3.05, 3.63) is 52.7 Å². The Morgan fingerprint density at radius 1 is 1.31 bits per heavy atom. The van der Waals surface area contributed by atoms with E-state index in [0.29, 0.717) is 5.92 Å². The summed E-state index contributed by atoms with van der Waals surface area (Å²) in [5.41, 5.74) is 6.67. The van der Waals surface area contributed by atoms with Crippen LogP contribution in [0.15, 0.2) is 35.6 Å². The van der Waals surface area contributed by atoms with Crippen LogP contribution in [0.25, 0.3) is 0 Å². The lowest BCUT2D eigenvalue weighted by atomic mass is 9.79. The predicted molar refractivity (Wildman–Crippen MR) is 112 cm³/mol. The van der Waals surface area contributed by atoms with Crippen LogP contribution in [-0.4, -0.2) is 23.3 Å². The van der Waals surface area contributed by atoms with Crippen molar-refractivity contribution in [1.82, 2.24) is 4.98 Å². The number of aromatic nitrogens is 1. The fourth-order valence-electron chi connectivity index (χ4n) is 4.18. The minimum absolute atomic E-state index is 0.110.